The van der Waals surface area contributed by atoms with Crippen LogP contribution in [0, 0.1) is 46.3 Å². The number of pyridine rings is 4. The lowest BCUT2D eigenvalue weighted by atomic mass is 9.71. The van der Waals surface area contributed by atoms with Crippen molar-refractivity contribution in [1.29, 1.82) is 10.5 Å². The van der Waals surface area contributed by atoms with Crippen LogP contribution in [0.2, 0.25) is 0 Å². The molecule has 6 atom stereocenters. The first kappa shape index (κ1) is 37.8. The maximum atomic E-state index is 9.30. The van der Waals surface area contributed by atoms with Gasteiger partial charge in [-0.3, -0.25) is 19.9 Å². The van der Waals surface area contributed by atoms with Crippen LogP contribution in [0.25, 0.3) is 34.4 Å². The van der Waals surface area contributed by atoms with Crippen LogP contribution in [0.5, 0.6) is 0 Å². The zero-order chi connectivity index (χ0) is 39.0. The molecule has 0 bridgehead atoms. The average molecular weight is 731 g/mol. The fourth-order valence-corrected chi connectivity index (χ4v) is 8.09. The SMILES string of the molecule is C[C@H]1[C@H](/C=C/c2ccc(-c3ccccc3C#N)cn2)c2cnccc2C[C@@H]1C.C[C@H]1[C@H](/C=C/c2ccc(-c3ccccc3C#N)cn2)c2ncccc2C[C@@H]1C. The summed E-state index contributed by atoms with van der Waals surface area (Å²) in [5.41, 5.74) is 12.2. The lowest BCUT2D eigenvalue weighted by Gasteiger charge is -2.34. The fraction of sp³-hybridized carbons (Fsp3) is 0.240. The van der Waals surface area contributed by atoms with Crippen molar-refractivity contribution in [3.8, 4) is 34.4 Å². The van der Waals surface area contributed by atoms with Crippen molar-refractivity contribution in [1.82, 2.24) is 19.9 Å². The van der Waals surface area contributed by atoms with E-state index in [-0.39, 0.29) is 0 Å². The molecule has 0 N–H and O–H groups in total. The Labute approximate surface area is 331 Å². The van der Waals surface area contributed by atoms with Crippen molar-refractivity contribution in [3.63, 3.8) is 0 Å². The van der Waals surface area contributed by atoms with Gasteiger partial charge in [-0.15, -0.1) is 0 Å². The fourth-order valence-electron chi connectivity index (χ4n) is 8.09. The van der Waals surface area contributed by atoms with E-state index in [0.717, 1.165) is 46.5 Å². The Morgan fingerprint density at radius 3 is 1.68 bits per heavy atom. The molecule has 0 fully saturated rings. The number of nitriles is 2. The first-order valence-corrected chi connectivity index (χ1v) is 19.5. The molecule has 0 saturated heterocycles. The van der Waals surface area contributed by atoms with E-state index in [9.17, 15) is 10.5 Å². The molecule has 276 valence electrons. The summed E-state index contributed by atoms with van der Waals surface area (Å²) >= 11 is 0. The number of hydrogen-bond acceptors (Lipinski definition) is 6. The summed E-state index contributed by atoms with van der Waals surface area (Å²) in [7, 11) is 0. The Morgan fingerprint density at radius 1 is 0.554 bits per heavy atom. The summed E-state index contributed by atoms with van der Waals surface area (Å²) in [4.78, 5) is 18.2. The largest absolute Gasteiger partial charge is 0.264 e. The topological polar surface area (TPSA) is 99.1 Å². The van der Waals surface area contributed by atoms with Crippen molar-refractivity contribution in [2.75, 3.05) is 0 Å². The highest BCUT2D eigenvalue weighted by molar-refractivity contribution is 5.71. The van der Waals surface area contributed by atoms with E-state index in [1.807, 2.05) is 110 Å². The van der Waals surface area contributed by atoms with Crippen LogP contribution in [0.4, 0.5) is 0 Å². The van der Waals surface area contributed by atoms with E-state index in [1.165, 1.54) is 22.4 Å². The van der Waals surface area contributed by atoms with E-state index in [1.54, 1.807) is 0 Å². The molecule has 4 aromatic heterocycles. The highest BCUT2D eigenvalue weighted by Gasteiger charge is 2.31. The van der Waals surface area contributed by atoms with Gasteiger partial charge in [0.05, 0.1) is 40.3 Å². The number of nitrogens with zero attached hydrogens (tertiary/aromatic N) is 6. The van der Waals surface area contributed by atoms with Gasteiger partial charge in [0.15, 0.2) is 0 Å². The highest BCUT2D eigenvalue weighted by atomic mass is 14.7. The molecule has 4 heterocycles. The minimum atomic E-state index is 0.306. The summed E-state index contributed by atoms with van der Waals surface area (Å²) in [5, 5.41) is 18.6. The zero-order valence-electron chi connectivity index (χ0n) is 32.4. The second-order valence-corrected chi connectivity index (χ2v) is 15.2. The van der Waals surface area contributed by atoms with Crippen LogP contribution in [0.1, 0.15) is 84.4 Å². The average Bonchev–Trinajstić information content (AvgIpc) is 3.24. The molecule has 2 aliphatic rings. The Morgan fingerprint density at radius 2 is 1.11 bits per heavy atom. The third-order valence-electron chi connectivity index (χ3n) is 11.8. The van der Waals surface area contributed by atoms with Gasteiger partial charge >= 0.3 is 0 Å². The van der Waals surface area contributed by atoms with E-state index in [2.05, 4.69) is 96.2 Å². The molecule has 0 amide bonds. The molecular weight excluding hydrogens is 685 g/mol. The van der Waals surface area contributed by atoms with Crippen molar-refractivity contribution < 1.29 is 0 Å². The van der Waals surface area contributed by atoms with E-state index in [0.29, 0.717) is 46.6 Å². The van der Waals surface area contributed by atoms with Gasteiger partial charge in [-0.1, -0.05) is 94.4 Å². The standard InChI is InChI=1S/2C25H23N3/c1-17-14-19-7-5-13-27-25(19)23(18(17)2)12-11-22-10-9-21(16-28-22)24-8-4-3-6-20(24)15-26;1-17-13-19-11-12-27-16-25(19)23(18(17)2)10-9-22-8-7-21(15-28-22)24-6-4-3-5-20(24)14-26/h3-13,16-18,23H,14H2,1-2H3;3-12,15-18,23H,13H2,1-2H3/b12-11+;10-9+/t2*17-,18+,23-/m00/s1. The Kier molecular flexibility index (Phi) is 11.7. The quantitative estimate of drug-likeness (QED) is 0.169. The van der Waals surface area contributed by atoms with E-state index < -0.39 is 0 Å². The number of rotatable bonds is 6. The van der Waals surface area contributed by atoms with Gasteiger partial charge in [0.25, 0.3) is 0 Å². The molecule has 0 unspecified atom stereocenters. The maximum absolute atomic E-state index is 9.30. The van der Waals surface area contributed by atoms with Crippen LogP contribution < -0.4 is 0 Å². The van der Waals surface area contributed by atoms with Gasteiger partial charge in [0.1, 0.15) is 0 Å². The Bertz CT molecular complexity index is 2260. The van der Waals surface area contributed by atoms with Crippen LogP contribution in [-0.4, -0.2) is 19.9 Å². The second-order valence-electron chi connectivity index (χ2n) is 15.2. The summed E-state index contributed by atoms with van der Waals surface area (Å²) < 4.78 is 0. The third kappa shape index (κ3) is 8.26. The molecule has 56 heavy (non-hydrogen) atoms. The Hall–Kier alpha value is -6.50. The molecule has 0 radical (unpaired) electrons. The molecule has 0 spiro atoms. The smallest absolute Gasteiger partial charge is 0.0998 e. The van der Waals surface area contributed by atoms with Gasteiger partial charge in [-0.25, -0.2) is 0 Å². The van der Waals surface area contributed by atoms with Crippen LogP contribution in [0.15, 0.2) is 134 Å². The number of allylic oxidation sites excluding steroid dienone is 2. The van der Waals surface area contributed by atoms with Crippen molar-refractivity contribution in [2.45, 2.75) is 52.4 Å². The third-order valence-corrected chi connectivity index (χ3v) is 11.8. The molecule has 0 saturated carbocycles. The van der Waals surface area contributed by atoms with Gasteiger partial charge in [0, 0.05) is 65.1 Å². The van der Waals surface area contributed by atoms with E-state index in [4.69, 9.17) is 0 Å². The monoisotopic (exact) mass is 730 g/mol. The first-order chi connectivity index (χ1) is 27.3. The van der Waals surface area contributed by atoms with Gasteiger partial charge < -0.3 is 0 Å². The number of hydrogen-bond donors (Lipinski definition) is 0. The van der Waals surface area contributed by atoms with Crippen molar-refractivity contribution >= 4 is 12.2 Å². The maximum Gasteiger partial charge on any atom is 0.0998 e. The Balaban J connectivity index is 0.000000172. The molecule has 6 nitrogen and oxygen atoms in total. The van der Waals surface area contributed by atoms with Gasteiger partial charge in [-0.05, 0) is 102 Å². The minimum Gasteiger partial charge on any atom is -0.264 e. The van der Waals surface area contributed by atoms with E-state index >= 15 is 0 Å². The van der Waals surface area contributed by atoms with Crippen LogP contribution in [0.3, 0.4) is 0 Å². The van der Waals surface area contributed by atoms with Crippen molar-refractivity contribution in [3.05, 3.63) is 179 Å². The minimum absolute atomic E-state index is 0.306. The number of benzene rings is 2. The predicted molar refractivity (Wildman–Crippen MR) is 225 cm³/mol. The lowest BCUT2D eigenvalue weighted by molar-refractivity contribution is 0.327. The summed E-state index contributed by atoms with van der Waals surface area (Å²) in [6.45, 7) is 9.29. The molecule has 6 heteroatoms. The van der Waals surface area contributed by atoms with Gasteiger partial charge in [0.2, 0.25) is 0 Å². The normalized spacial score (nSPS) is 21.2. The number of fused-ring (bicyclic) bond motifs is 2. The first-order valence-electron chi connectivity index (χ1n) is 19.5. The molecule has 6 aromatic rings. The predicted octanol–water partition coefficient (Wildman–Crippen LogP) is 11.3. The second kappa shape index (κ2) is 17.3. The molecule has 0 aliphatic heterocycles. The zero-order valence-corrected chi connectivity index (χ0v) is 32.4. The van der Waals surface area contributed by atoms with Gasteiger partial charge in [-0.2, -0.15) is 10.5 Å². The lowest BCUT2D eigenvalue weighted by Crippen LogP contribution is -2.25. The summed E-state index contributed by atoms with van der Waals surface area (Å²) in [5.74, 6) is 3.04. The molecular formula is C50H46N6. The molecule has 2 aliphatic carbocycles. The molecule has 2 aromatic carbocycles. The molecule has 8 rings (SSSR count). The highest BCUT2D eigenvalue weighted by Crippen LogP contribution is 2.41. The summed E-state index contributed by atoms with van der Waals surface area (Å²) in [6.07, 6.45) is 20.4. The number of aromatic nitrogens is 4. The summed E-state index contributed by atoms with van der Waals surface area (Å²) in [6, 6.07) is 34.2. The van der Waals surface area contributed by atoms with Crippen LogP contribution in [-0.2, 0) is 12.8 Å². The van der Waals surface area contributed by atoms with Crippen LogP contribution >= 0.6 is 0 Å². The van der Waals surface area contributed by atoms with Crippen molar-refractivity contribution in [2.24, 2.45) is 23.7 Å².